The molecule has 0 bridgehead atoms. The van der Waals surface area contributed by atoms with Gasteiger partial charge in [0.2, 0.25) is 0 Å². The molecule has 2 atom stereocenters. The molecule has 0 saturated heterocycles. The first-order valence-electron chi connectivity index (χ1n) is 8.12. The van der Waals surface area contributed by atoms with Crippen LogP contribution in [-0.2, 0) is 16.2 Å². The summed E-state index contributed by atoms with van der Waals surface area (Å²) in [5.41, 5.74) is 0.216. The van der Waals surface area contributed by atoms with E-state index in [0.29, 0.717) is 5.69 Å². The summed E-state index contributed by atoms with van der Waals surface area (Å²) in [6, 6.07) is 6.94. The minimum atomic E-state index is -0.503. The Labute approximate surface area is 139 Å². The van der Waals surface area contributed by atoms with Gasteiger partial charge in [-0.15, -0.1) is 0 Å². The van der Waals surface area contributed by atoms with E-state index in [1.807, 2.05) is 47.6 Å². The standard InChI is InChI=1S/C17H30N2O4/c1-7-16(3,4)22-18(20)13-14-10-9-11-15(12-14)19(21)23-17(5,6)8-2/h9-12,18-19H,7-8,13H2,1-6H3. The molecule has 1 aromatic carbocycles. The van der Waals surface area contributed by atoms with Crippen LogP contribution in [0, 0.1) is 10.4 Å². The Morgan fingerprint density at radius 2 is 1.52 bits per heavy atom. The molecule has 132 valence electrons. The highest BCUT2D eigenvalue weighted by atomic mass is 16.9. The highest BCUT2D eigenvalue weighted by Gasteiger charge is 2.23. The van der Waals surface area contributed by atoms with E-state index in [2.05, 4.69) is 0 Å². The fourth-order valence-electron chi connectivity index (χ4n) is 1.77. The predicted molar refractivity (Wildman–Crippen MR) is 89.4 cm³/mol. The Balaban J connectivity index is 2.73. The lowest BCUT2D eigenvalue weighted by atomic mass is 10.1. The monoisotopic (exact) mass is 326 g/mol. The van der Waals surface area contributed by atoms with Crippen molar-refractivity contribution in [1.82, 2.24) is 0 Å². The first-order chi connectivity index (χ1) is 10.6. The van der Waals surface area contributed by atoms with Gasteiger partial charge in [0.05, 0.1) is 0 Å². The largest absolute Gasteiger partial charge is 0.600 e. The number of hydroxylamine groups is 2. The average Bonchev–Trinajstić information content (AvgIpc) is 2.46. The molecule has 0 radical (unpaired) electrons. The van der Waals surface area contributed by atoms with Gasteiger partial charge < -0.3 is 10.4 Å². The molecule has 0 heterocycles. The Morgan fingerprint density at radius 1 is 0.957 bits per heavy atom. The molecule has 2 N–H and O–H groups in total. The van der Waals surface area contributed by atoms with Gasteiger partial charge in [0, 0.05) is 17.7 Å². The van der Waals surface area contributed by atoms with Crippen LogP contribution >= 0.6 is 0 Å². The molecule has 0 aliphatic carbocycles. The zero-order valence-electron chi connectivity index (χ0n) is 15.1. The van der Waals surface area contributed by atoms with E-state index < -0.39 is 11.2 Å². The molecule has 1 aromatic rings. The van der Waals surface area contributed by atoms with E-state index in [4.69, 9.17) is 9.68 Å². The first kappa shape index (κ1) is 20.0. The van der Waals surface area contributed by atoms with Crippen LogP contribution in [0.3, 0.4) is 0 Å². The summed E-state index contributed by atoms with van der Waals surface area (Å²) in [5, 5.41) is 23.5. The van der Waals surface area contributed by atoms with Crippen molar-refractivity contribution in [3.63, 3.8) is 0 Å². The third kappa shape index (κ3) is 6.95. The zero-order valence-corrected chi connectivity index (χ0v) is 15.1. The lowest BCUT2D eigenvalue weighted by molar-refractivity contribution is -1.07. The van der Waals surface area contributed by atoms with Crippen molar-refractivity contribution in [3.05, 3.63) is 40.2 Å². The lowest BCUT2D eigenvalue weighted by Gasteiger charge is -2.31. The van der Waals surface area contributed by atoms with Gasteiger partial charge in [-0.1, -0.05) is 26.0 Å². The maximum Gasteiger partial charge on any atom is 0.164 e. The Morgan fingerprint density at radius 3 is 2.09 bits per heavy atom. The Hall–Kier alpha value is -1.02. The lowest BCUT2D eigenvalue weighted by Crippen LogP contribution is -3.06. The van der Waals surface area contributed by atoms with Gasteiger partial charge in [0.25, 0.3) is 0 Å². The number of hydrogen-bond donors (Lipinski definition) is 2. The first-order valence-corrected chi connectivity index (χ1v) is 8.12. The summed E-state index contributed by atoms with van der Waals surface area (Å²) >= 11 is 0. The number of nitrogens with one attached hydrogen (secondary N) is 2. The fourth-order valence-corrected chi connectivity index (χ4v) is 1.77. The smallest absolute Gasteiger partial charge is 0.164 e. The highest BCUT2D eigenvalue weighted by molar-refractivity contribution is 5.33. The maximum atomic E-state index is 12.2. The topological polar surface area (TPSA) is 73.5 Å². The van der Waals surface area contributed by atoms with Crippen molar-refractivity contribution < 1.29 is 20.1 Å². The average molecular weight is 326 g/mol. The van der Waals surface area contributed by atoms with Crippen molar-refractivity contribution in [2.45, 2.75) is 72.1 Å². The third-order valence-corrected chi connectivity index (χ3v) is 3.97. The zero-order chi connectivity index (χ0) is 17.7. The van der Waals surface area contributed by atoms with Crippen molar-refractivity contribution in [2.75, 3.05) is 0 Å². The van der Waals surface area contributed by atoms with Gasteiger partial charge in [-0.2, -0.15) is 14.9 Å². The van der Waals surface area contributed by atoms with Crippen LogP contribution in [0.4, 0.5) is 5.69 Å². The molecular weight excluding hydrogens is 296 g/mol. The Kier molecular flexibility index (Phi) is 7.13. The van der Waals surface area contributed by atoms with E-state index in [9.17, 15) is 10.4 Å². The second kappa shape index (κ2) is 8.19. The minimum absolute atomic E-state index is 0.141. The summed E-state index contributed by atoms with van der Waals surface area (Å²) in [6.45, 7) is 11.6. The third-order valence-electron chi connectivity index (χ3n) is 3.97. The Bertz CT molecular complexity index is 491. The van der Waals surface area contributed by atoms with E-state index in [0.717, 1.165) is 18.4 Å². The van der Waals surface area contributed by atoms with Crippen LogP contribution in [0.5, 0.6) is 0 Å². The molecule has 0 aliphatic rings. The van der Waals surface area contributed by atoms with Crippen LogP contribution in [0.15, 0.2) is 24.3 Å². The van der Waals surface area contributed by atoms with E-state index >= 15 is 0 Å². The normalized spacial score (nSPS) is 15.5. The van der Waals surface area contributed by atoms with E-state index in [-0.39, 0.29) is 17.0 Å². The molecular formula is C17H30N2O4. The van der Waals surface area contributed by atoms with Crippen molar-refractivity contribution in [2.24, 2.45) is 0 Å². The summed E-state index contributed by atoms with van der Waals surface area (Å²) < 4.78 is 0. The van der Waals surface area contributed by atoms with Gasteiger partial charge in [0.15, 0.2) is 5.69 Å². The summed E-state index contributed by atoms with van der Waals surface area (Å²) in [5.74, 6) is 0. The molecule has 1 rings (SSSR count). The molecule has 23 heavy (non-hydrogen) atoms. The molecule has 0 saturated carbocycles. The second-order valence-corrected chi connectivity index (χ2v) is 6.97. The summed E-state index contributed by atoms with van der Waals surface area (Å²) in [4.78, 5) is 10.9. The van der Waals surface area contributed by atoms with Crippen molar-refractivity contribution in [3.8, 4) is 0 Å². The van der Waals surface area contributed by atoms with Gasteiger partial charge in [-0.05, 0) is 40.5 Å². The van der Waals surface area contributed by atoms with Crippen LogP contribution in [0.25, 0.3) is 0 Å². The molecule has 0 aromatic heterocycles. The molecule has 2 unspecified atom stereocenters. The van der Waals surface area contributed by atoms with Crippen LogP contribution in [0.1, 0.15) is 59.9 Å². The van der Waals surface area contributed by atoms with Gasteiger partial charge in [-0.25, -0.2) is 5.23 Å². The van der Waals surface area contributed by atoms with E-state index in [1.54, 1.807) is 18.2 Å². The van der Waals surface area contributed by atoms with Crippen LogP contribution in [-0.4, -0.2) is 11.2 Å². The van der Waals surface area contributed by atoms with Gasteiger partial charge in [0.1, 0.15) is 17.7 Å². The highest BCUT2D eigenvalue weighted by Crippen LogP contribution is 2.13. The van der Waals surface area contributed by atoms with E-state index in [1.165, 1.54) is 0 Å². The molecule has 0 fully saturated rings. The number of rotatable bonds is 9. The summed E-state index contributed by atoms with van der Waals surface area (Å²) in [6.07, 6.45) is 1.48. The molecule has 0 spiro atoms. The number of hydrogen-bond acceptors (Lipinski definition) is 4. The molecule has 6 heteroatoms. The second-order valence-electron chi connectivity index (χ2n) is 6.97. The van der Waals surface area contributed by atoms with Crippen molar-refractivity contribution >= 4 is 5.69 Å². The SMILES string of the molecule is CCC(C)(C)O[NH+]([O-])Cc1cccc([NH+]([O-])OC(C)(C)CC)c1. The molecule has 0 aliphatic heterocycles. The maximum absolute atomic E-state index is 12.2. The molecule has 0 amide bonds. The van der Waals surface area contributed by atoms with Crippen LogP contribution in [0.2, 0.25) is 0 Å². The molecule has 6 nitrogen and oxygen atoms in total. The minimum Gasteiger partial charge on any atom is -0.600 e. The van der Waals surface area contributed by atoms with Gasteiger partial charge in [-0.3, -0.25) is 0 Å². The van der Waals surface area contributed by atoms with Crippen LogP contribution < -0.4 is 10.5 Å². The number of quaternary nitrogens is 2. The quantitative estimate of drug-likeness (QED) is 0.679. The fraction of sp³-hybridized carbons (Fsp3) is 0.647. The van der Waals surface area contributed by atoms with Crippen molar-refractivity contribution in [1.29, 1.82) is 0 Å². The summed E-state index contributed by atoms with van der Waals surface area (Å²) in [7, 11) is 0. The van der Waals surface area contributed by atoms with Gasteiger partial charge >= 0.3 is 0 Å². The predicted octanol–water partition coefficient (Wildman–Crippen LogP) is 1.82. The number of benzene rings is 1.